The Kier molecular flexibility index (Phi) is 11.3. The lowest BCUT2D eigenvalue weighted by Gasteiger charge is -1.95. The van der Waals surface area contributed by atoms with Crippen molar-refractivity contribution in [3.63, 3.8) is 0 Å². The third kappa shape index (κ3) is 10.5. The molecule has 0 unspecified atom stereocenters. The van der Waals surface area contributed by atoms with Crippen molar-refractivity contribution in [2.24, 2.45) is 0 Å². The molecule has 0 saturated heterocycles. The van der Waals surface area contributed by atoms with Crippen LogP contribution in [0, 0.1) is 6.92 Å². The van der Waals surface area contributed by atoms with Gasteiger partial charge in [0.1, 0.15) is 5.88 Å². The van der Waals surface area contributed by atoms with Crippen LogP contribution in [0.1, 0.15) is 31.1 Å². The summed E-state index contributed by atoms with van der Waals surface area (Å²) in [6.07, 6.45) is 4.27. The van der Waals surface area contributed by atoms with Gasteiger partial charge in [0.25, 0.3) is 0 Å². The highest BCUT2D eigenvalue weighted by Gasteiger charge is 2.00. The molecule has 1 rings (SSSR count). The van der Waals surface area contributed by atoms with Crippen molar-refractivity contribution < 1.29 is 9.59 Å². The van der Waals surface area contributed by atoms with Crippen LogP contribution in [0.25, 0.3) is 0 Å². The average molecular weight is 305 g/mol. The predicted octanol–water partition coefficient (Wildman–Crippen LogP) is 3.16. The molecule has 2 amide bonds. The maximum Gasteiger partial charge on any atom is 0.239 e. The first-order chi connectivity index (χ1) is 9.13. The average Bonchev–Trinajstić information content (AvgIpc) is 2.81. The molecule has 6 heteroatoms. The minimum atomic E-state index is -0.159. The number of unbranched alkanes of at least 4 members (excludes halogenated alkanes) is 2. The Bertz CT molecular complexity index is 369. The van der Waals surface area contributed by atoms with Gasteiger partial charge in [-0.25, -0.2) is 0 Å². The van der Waals surface area contributed by atoms with Gasteiger partial charge in [0.05, 0.1) is 5.00 Å². The highest BCUT2D eigenvalue weighted by atomic mass is 35.5. The minimum absolute atomic E-state index is 0.0109. The first-order valence-electron chi connectivity index (χ1n) is 6.23. The molecule has 0 spiro atoms. The second kappa shape index (κ2) is 12.0. The summed E-state index contributed by atoms with van der Waals surface area (Å²) in [5.74, 6) is -0.148. The van der Waals surface area contributed by atoms with E-state index in [0.717, 1.165) is 24.4 Å². The molecule has 0 atom stereocenters. The number of hydrogen-bond donors (Lipinski definition) is 2. The number of carbonyl (C=O) groups is 2. The first kappa shape index (κ1) is 17.9. The number of amides is 2. The standard InChI is InChI=1S/C7H8ClNOS.C6H13NO/c1-5-2-3-7(11-5)9-6(10)4-8;1-2-3-4-5-7-6-8/h2-3H,4H2,1H3,(H,9,10);6H,2-5H2,1H3,(H,7,8). The van der Waals surface area contributed by atoms with Gasteiger partial charge in [-0.05, 0) is 25.5 Å². The van der Waals surface area contributed by atoms with Crippen LogP contribution >= 0.6 is 22.9 Å². The molecule has 0 saturated carbocycles. The summed E-state index contributed by atoms with van der Waals surface area (Å²) >= 11 is 6.84. The number of rotatable bonds is 7. The zero-order chi connectivity index (χ0) is 14.5. The first-order valence-corrected chi connectivity index (χ1v) is 7.58. The zero-order valence-corrected chi connectivity index (χ0v) is 12.9. The van der Waals surface area contributed by atoms with E-state index >= 15 is 0 Å². The van der Waals surface area contributed by atoms with Gasteiger partial charge in [-0.1, -0.05) is 19.8 Å². The van der Waals surface area contributed by atoms with Crippen LogP contribution < -0.4 is 10.6 Å². The van der Waals surface area contributed by atoms with E-state index in [1.165, 1.54) is 17.7 Å². The van der Waals surface area contributed by atoms with Gasteiger partial charge in [-0.15, -0.1) is 22.9 Å². The minimum Gasteiger partial charge on any atom is -0.359 e. The van der Waals surface area contributed by atoms with E-state index in [0.29, 0.717) is 0 Å². The predicted molar refractivity (Wildman–Crippen MR) is 82.0 cm³/mol. The topological polar surface area (TPSA) is 58.2 Å². The van der Waals surface area contributed by atoms with Crippen molar-refractivity contribution in [2.45, 2.75) is 33.1 Å². The number of aryl methyl sites for hydroxylation is 1. The lowest BCUT2D eigenvalue weighted by molar-refractivity contribution is -0.114. The lowest BCUT2D eigenvalue weighted by atomic mass is 10.2. The molecular formula is C13H21ClN2O2S. The number of halogens is 1. The summed E-state index contributed by atoms with van der Waals surface area (Å²) in [7, 11) is 0. The van der Waals surface area contributed by atoms with E-state index in [1.807, 2.05) is 19.1 Å². The second-order valence-corrected chi connectivity index (χ2v) is 5.43. The normalized spacial score (nSPS) is 9.21. The third-order valence-electron chi connectivity index (χ3n) is 2.13. The number of hydrogen-bond acceptors (Lipinski definition) is 3. The Hall–Kier alpha value is -1.07. The van der Waals surface area contributed by atoms with Gasteiger partial charge >= 0.3 is 0 Å². The van der Waals surface area contributed by atoms with Gasteiger partial charge in [-0.3, -0.25) is 9.59 Å². The maximum atomic E-state index is 10.8. The third-order valence-corrected chi connectivity index (χ3v) is 3.29. The van der Waals surface area contributed by atoms with Gasteiger partial charge in [0, 0.05) is 11.4 Å². The summed E-state index contributed by atoms with van der Waals surface area (Å²) in [6, 6.07) is 3.82. The molecule has 1 aromatic heterocycles. The van der Waals surface area contributed by atoms with Crippen molar-refractivity contribution >= 4 is 40.3 Å². The summed E-state index contributed by atoms with van der Waals surface area (Å²) < 4.78 is 0. The fraction of sp³-hybridized carbons (Fsp3) is 0.538. The molecule has 4 nitrogen and oxygen atoms in total. The van der Waals surface area contributed by atoms with E-state index < -0.39 is 0 Å². The number of carbonyl (C=O) groups excluding carboxylic acids is 2. The lowest BCUT2D eigenvalue weighted by Crippen LogP contribution is -2.11. The van der Waals surface area contributed by atoms with E-state index in [9.17, 15) is 9.59 Å². The molecule has 0 aromatic carbocycles. The van der Waals surface area contributed by atoms with E-state index in [2.05, 4.69) is 17.6 Å². The van der Waals surface area contributed by atoms with E-state index in [1.54, 1.807) is 11.3 Å². The molecule has 2 N–H and O–H groups in total. The van der Waals surface area contributed by atoms with Crippen molar-refractivity contribution in [3.05, 3.63) is 17.0 Å². The van der Waals surface area contributed by atoms with Crippen LogP contribution in [-0.4, -0.2) is 24.7 Å². The molecule has 0 fully saturated rings. The largest absolute Gasteiger partial charge is 0.359 e. The van der Waals surface area contributed by atoms with E-state index in [-0.39, 0.29) is 11.8 Å². The Labute approximate surface area is 123 Å². The van der Waals surface area contributed by atoms with Crippen molar-refractivity contribution in [1.29, 1.82) is 0 Å². The molecule has 1 heterocycles. The molecule has 0 radical (unpaired) electrons. The number of nitrogens with one attached hydrogen (secondary N) is 2. The highest BCUT2D eigenvalue weighted by Crippen LogP contribution is 2.20. The molecule has 19 heavy (non-hydrogen) atoms. The molecule has 0 aliphatic heterocycles. The van der Waals surface area contributed by atoms with E-state index in [4.69, 9.17) is 11.6 Å². The molecule has 108 valence electrons. The van der Waals surface area contributed by atoms with Crippen LogP contribution in [0.2, 0.25) is 0 Å². The Morgan fingerprint density at radius 2 is 2.16 bits per heavy atom. The zero-order valence-electron chi connectivity index (χ0n) is 11.4. The van der Waals surface area contributed by atoms with Crippen molar-refractivity contribution in [3.8, 4) is 0 Å². The maximum absolute atomic E-state index is 10.8. The monoisotopic (exact) mass is 304 g/mol. The molecule has 1 aromatic rings. The molecular weight excluding hydrogens is 284 g/mol. The number of thiophene rings is 1. The van der Waals surface area contributed by atoms with Crippen molar-refractivity contribution in [1.82, 2.24) is 5.32 Å². The summed E-state index contributed by atoms with van der Waals surface area (Å²) in [5, 5.41) is 6.12. The van der Waals surface area contributed by atoms with Crippen LogP contribution in [0.15, 0.2) is 12.1 Å². The van der Waals surface area contributed by atoms with Gasteiger partial charge in [0.2, 0.25) is 12.3 Å². The summed E-state index contributed by atoms with van der Waals surface area (Å²) in [6.45, 7) is 4.96. The Morgan fingerprint density at radius 3 is 2.63 bits per heavy atom. The fourth-order valence-corrected chi connectivity index (χ4v) is 2.06. The molecule has 0 bridgehead atoms. The summed E-state index contributed by atoms with van der Waals surface area (Å²) in [4.78, 5) is 21.6. The van der Waals surface area contributed by atoms with Gasteiger partial charge in [0.15, 0.2) is 0 Å². The quantitative estimate of drug-likeness (QED) is 0.462. The number of anilines is 1. The van der Waals surface area contributed by atoms with Crippen LogP contribution in [-0.2, 0) is 9.59 Å². The second-order valence-electron chi connectivity index (χ2n) is 3.87. The highest BCUT2D eigenvalue weighted by molar-refractivity contribution is 7.16. The van der Waals surface area contributed by atoms with Crippen LogP contribution in [0.3, 0.4) is 0 Å². The number of alkyl halides is 1. The Balaban J connectivity index is 0.000000362. The Morgan fingerprint density at radius 1 is 1.42 bits per heavy atom. The van der Waals surface area contributed by atoms with Crippen LogP contribution in [0.5, 0.6) is 0 Å². The smallest absolute Gasteiger partial charge is 0.239 e. The van der Waals surface area contributed by atoms with Crippen molar-refractivity contribution in [2.75, 3.05) is 17.7 Å². The molecule has 0 aliphatic carbocycles. The molecule has 0 aliphatic rings. The SMILES string of the molecule is CCCCCNC=O.Cc1ccc(NC(=O)CCl)s1. The summed E-state index contributed by atoms with van der Waals surface area (Å²) in [5.41, 5.74) is 0. The van der Waals surface area contributed by atoms with Crippen LogP contribution in [0.4, 0.5) is 5.00 Å². The fourth-order valence-electron chi connectivity index (χ4n) is 1.21. The van der Waals surface area contributed by atoms with Gasteiger partial charge < -0.3 is 10.6 Å². The van der Waals surface area contributed by atoms with Gasteiger partial charge in [-0.2, -0.15) is 0 Å².